The van der Waals surface area contributed by atoms with E-state index in [4.69, 9.17) is 21.2 Å². The van der Waals surface area contributed by atoms with Crippen LogP contribution in [0.2, 0.25) is 5.02 Å². The average molecular weight is 424 g/mol. The molecule has 1 N–H and O–H groups in total. The quantitative estimate of drug-likeness (QED) is 0.381. The van der Waals surface area contributed by atoms with Gasteiger partial charge in [0.15, 0.2) is 0 Å². The summed E-state index contributed by atoms with van der Waals surface area (Å²) in [6.45, 7) is 0.482. The number of hydrogen-bond donors (Lipinski definition) is 1. The molecular weight excluding hydrogens is 406 g/mol. The molecule has 29 heavy (non-hydrogen) atoms. The molecule has 0 fully saturated rings. The number of rotatable bonds is 6. The lowest BCUT2D eigenvalue weighted by molar-refractivity contribution is 0.0538. The predicted molar refractivity (Wildman–Crippen MR) is 118 cm³/mol. The second-order valence-electron chi connectivity index (χ2n) is 6.44. The lowest BCUT2D eigenvalue weighted by Crippen LogP contribution is -2.21. The molecule has 0 saturated heterocycles. The minimum absolute atomic E-state index is 0.266. The smallest absolute Gasteiger partial charge is 0.274 e. The first-order valence-corrected chi connectivity index (χ1v) is 10.2. The van der Waals surface area contributed by atoms with Crippen LogP contribution < -0.4 is 10.2 Å². The number of hydrogen-bond acceptors (Lipinski definition) is 4. The zero-order chi connectivity index (χ0) is 20.2. The van der Waals surface area contributed by atoms with Crippen LogP contribution >= 0.6 is 22.9 Å². The minimum Gasteiger partial charge on any atom is -0.489 e. The van der Waals surface area contributed by atoms with E-state index in [2.05, 4.69) is 10.9 Å². The molecule has 0 atom stereocenters. The molecule has 4 aromatic rings. The van der Waals surface area contributed by atoms with Gasteiger partial charge in [-0.15, -0.1) is 11.3 Å². The van der Waals surface area contributed by atoms with Crippen molar-refractivity contribution in [2.45, 2.75) is 6.61 Å². The van der Waals surface area contributed by atoms with Gasteiger partial charge in [-0.25, -0.2) is 5.48 Å². The first-order chi connectivity index (χ1) is 14.1. The maximum Gasteiger partial charge on any atom is 0.274 e. The van der Waals surface area contributed by atoms with Gasteiger partial charge in [-0.05, 0) is 59.0 Å². The standard InChI is InChI=1S/C23H18ClNO3S/c1-27-25-23(26)17-6-11-22-20(12-17)21(14-29-22)16-4-9-19(10-5-16)28-13-15-2-7-18(24)8-3-15/h2-12,14H,13H2,1H3,(H,25,26). The lowest BCUT2D eigenvalue weighted by Gasteiger charge is -2.08. The number of nitrogens with one attached hydrogen (secondary N) is 1. The SMILES string of the molecule is CONC(=O)c1ccc2scc(-c3ccc(OCc4ccc(Cl)cc4)cc3)c2c1. The summed E-state index contributed by atoms with van der Waals surface area (Å²) >= 11 is 7.56. The number of benzene rings is 3. The highest BCUT2D eigenvalue weighted by Crippen LogP contribution is 2.35. The zero-order valence-corrected chi connectivity index (χ0v) is 17.2. The Kier molecular flexibility index (Phi) is 5.81. The van der Waals surface area contributed by atoms with E-state index in [-0.39, 0.29) is 5.91 Å². The Balaban J connectivity index is 1.53. The molecule has 0 bridgehead atoms. The van der Waals surface area contributed by atoms with Gasteiger partial charge >= 0.3 is 0 Å². The van der Waals surface area contributed by atoms with E-state index < -0.39 is 0 Å². The molecule has 0 unspecified atom stereocenters. The van der Waals surface area contributed by atoms with Crippen LogP contribution in [0.1, 0.15) is 15.9 Å². The van der Waals surface area contributed by atoms with Crippen molar-refractivity contribution >= 4 is 38.9 Å². The molecule has 6 heteroatoms. The summed E-state index contributed by atoms with van der Waals surface area (Å²) in [6.07, 6.45) is 0. The molecule has 4 rings (SSSR count). The monoisotopic (exact) mass is 423 g/mol. The van der Waals surface area contributed by atoms with E-state index >= 15 is 0 Å². The number of ether oxygens (including phenoxy) is 1. The molecule has 0 radical (unpaired) electrons. The number of fused-ring (bicyclic) bond motifs is 1. The topological polar surface area (TPSA) is 47.6 Å². The number of carbonyl (C=O) groups excluding carboxylic acids is 1. The Bertz CT molecular complexity index is 1140. The van der Waals surface area contributed by atoms with Gasteiger partial charge in [0.05, 0.1) is 7.11 Å². The van der Waals surface area contributed by atoms with Crippen LogP contribution in [0.25, 0.3) is 21.2 Å². The van der Waals surface area contributed by atoms with Gasteiger partial charge in [0, 0.05) is 26.2 Å². The maximum atomic E-state index is 12.1. The lowest BCUT2D eigenvalue weighted by atomic mass is 10.0. The molecule has 0 aliphatic carbocycles. The van der Waals surface area contributed by atoms with Crippen molar-refractivity contribution < 1.29 is 14.4 Å². The molecule has 0 aliphatic rings. The van der Waals surface area contributed by atoms with E-state index in [0.29, 0.717) is 17.2 Å². The third-order valence-electron chi connectivity index (χ3n) is 4.51. The van der Waals surface area contributed by atoms with Gasteiger partial charge in [-0.1, -0.05) is 35.9 Å². The number of thiophene rings is 1. The van der Waals surface area contributed by atoms with Crippen molar-refractivity contribution in [3.8, 4) is 16.9 Å². The third kappa shape index (κ3) is 4.43. The van der Waals surface area contributed by atoms with Crippen LogP contribution in [-0.2, 0) is 11.4 Å². The Morgan fingerprint density at radius 3 is 2.52 bits per heavy atom. The molecule has 0 spiro atoms. The van der Waals surface area contributed by atoms with Gasteiger partial charge < -0.3 is 4.74 Å². The van der Waals surface area contributed by atoms with Crippen molar-refractivity contribution in [2.24, 2.45) is 0 Å². The summed E-state index contributed by atoms with van der Waals surface area (Å²) in [5.41, 5.74) is 6.13. The second kappa shape index (κ2) is 8.66. The largest absolute Gasteiger partial charge is 0.489 e. The molecule has 0 aliphatic heterocycles. The fourth-order valence-corrected chi connectivity index (χ4v) is 4.10. The Labute approximate surface area is 177 Å². The average Bonchev–Trinajstić information content (AvgIpc) is 3.17. The van der Waals surface area contributed by atoms with Crippen molar-refractivity contribution in [3.05, 3.63) is 88.3 Å². The van der Waals surface area contributed by atoms with Gasteiger partial charge in [0.1, 0.15) is 12.4 Å². The van der Waals surface area contributed by atoms with Crippen LogP contribution in [0.4, 0.5) is 0 Å². The molecule has 146 valence electrons. The number of amides is 1. The summed E-state index contributed by atoms with van der Waals surface area (Å²) in [5, 5.41) is 3.85. The van der Waals surface area contributed by atoms with E-state index in [0.717, 1.165) is 32.5 Å². The molecule has 4 nitrogen and oxygen atoms in total. The van der Waals surface area contributed by atoms with Crippen LogP contribution in [0, 0.1) is 0 Å². The first kappa shape index (κ1) is 19.5. The van der Waals surface area contributed by atoms with E-state index in [9.17, 15) is 4.79 Å². The van der Waals surface area contributed by atoms with E-state index in [1.54, 1.807) is 17.4 Å². The van der Waals surface area contributed by atoms with Gasteiger partial charge in [-0.3, -0.25) is 9.63 Å². The van der Waals surface area contributed by atoms with E-state index in [1.165, 1.54) is 7.11 Å². The minimum atomic E-state index is -0.266. The van der Waals surface area contributed by atoms with Crippen molar-refractivity contribution in [1.29, 1.82) is 0 Å². The van der Waals surface area contributed by atoms with Crippen LogP contribution in [0.3, 0.4) is 0 Å². The highest BCUT2D eigenvalue weighted by molar-refractivity contribution is 7.17. The molecule has 0 saturated carbocycles. The van der Waals surface area contributed by atoms with Crippen LogP contribution in [-0.4, -0.2) is 13.0 Å². The summed E-state index contributed by atoms with van der Waals surface area (Å²) in [7, 11) is 1.42. The Hall–Kier alpha value is -2.86. The fourth-order valence-electron chi connectivity index (χ4n) is 3.02. The zero-order valence-electron chi connectivity index (χ0n) is 15.6. The molecule has 1 heterocycles. The van der Waals surface area contributed by atoms with E-state index in [1.807, 2.05) is 60.7 Å². The van der Waals surface area contributed by atoms with Gasteiger partial charge in [0.2, 0.25) is 0 Å². The normalized spacial score (nSPS) is 10.8. The highest BCUT2D eigenvalue weighted by atomic mass is 35.5. The van der Waals surface area contributed by atoms with Crippen molar-refractivity contribution in [2.75, 3.05) is 7.11 Å². The van der Waals surface area contributed by atoms with Crippen LogP contribution in [0.5, 0.6) is 5.75 Å². The summed E-state index contributed by atoms with van der Waals surface area (Å²) < 4.78 is 6.98. The van der Waals surface area contributed by atoms with Gasteiger partial charge in [-0.2, -0.15) is 0 Å². The van der Waals surface area contributed by atoms with Crippen molar-refractivity contribution in [3.63, 3.8) is 0 Å². The fraction of sp³-hybridized carbons (Fsp3) is 0.0870. The molecule has 1 aromatic heterocycles. The Morgan fingerprint density at radius 2 is 1.79 bits per heavy atom. The summed E-state index contributed by atoms with van der Waals surface area (Å²) in [4.78, 5) is 16.8. The first-order valence-electron chi connectivity index (χ1n) is 8.96. The van der Waals surface area contributed by atoms with Crippen molar-refractivity contribution in [1.82, 2.24) is 5.48 Å². The summed E-state index contributed by atoms with van der Waals surface area (Å²) in [6, 6.07) is 21.2. The predicted octanol–water partition coefficient (Wildman–Crippen LogP) is 6.09. The molecule has 3 aromatic carbocycles. The Morgan fingerprint density at radius 1 is 1.03 bits per heavy atom. The molecular formula is C23H18ClNO3S. The number of hydroxylamine groups is 1. The number of halogens is 1. The summed E-state index contributed by atoms with van der Waals surface area (Å²) in [5.74, 6) is 0.529. The second-order valence-corrected chi connectivity index (χ2v) is 7.78. The maximum absolute atomic E-state index is 12.1. The third-order valence-corrected chi connectivity index (χ3v) is 5.73. The molecule has 1 amide bonds. The van der Waals surface area contributed by atoms with Crippen LogP contribution in [0.15, 0.2) is 72.1 Å². The van der Waals surface area contributed by atoms with Gasteiger partial charge in [0.25, 0.3) is 5.91 Å². The highest BCUT2D eigenvalue weighted by Gasteiger charge is 2.11. The number of carbonyl (C=O) groups is 1.